The van der Waals surface area contributed by atoms with E-state index >= 15 is 0 Å². The third-order valence-electron chi connectivity index (χ3n) is 6.59. The fourth-order valence-corrected chi connectivity index (χ4v) is 5.44. The van der Waals surface area contributed by atoms with Gasteiger partial charge in [0.15, 0.2) is 0 Å². The van der Waals surface area contributed by atoms with Crippen molar-refractivity contribution >= 4 is 23.6 Å². The van der Waals surface area contributed by atoms with Gasteiger partial charge in [0.1, 0.15) is 0 Å². The van der Waals surface area contributed by atoms with Gasteiger partial charge in [-0.2, -0.15) is 0 Å². The number of nitrogens with zero attached hydrogens (tertiary/aromatic N) is 2. The number of rotatable bonds is 4. The highest BCUT2D eigenvalue weighted by Crippen LogP contribution is 2.38. The van der Waals surface area contributed by atoms with Crippen molar-refractivity contribution in [3.63, 3.8) is 0 Å². The normalized spacial score (nSPS) is 34.2. The Hall–Kier alpha value is -2.24. The van der Waals surface area contributed by atoms with Gasteiger partial charge in [-0.05, 0) is 43.9 Å². The lowest BCUT2D eigenvalue weighted by molar-refractivity contribution is -0.141. The second-order valence-electron chi connectivity index (χ2n) is 8.37. The molecule has 0 aromatic heterocycles. The summed E-state index contributed by atoms with van der Waals surface area (Å²) >= 11 is 0. The Morgan fingerprint density at radius 3 is 1.37 bits per heavy atom. The quantitative estimate of drug-likeness (QED) is 0.712. The Bertz CT molecular complexity index is 630. The average Bonchev–Trinajstić information content (AvgIpc) is 3.16. The first-order valence-electron chi connectivity index (χ1n) is 10.1. The molecular weight excluding hydrogens is 344 g/mol. The number of hydrogen-bond acceptors (Lipinski definition) is 4. The van der Waals surface area contributed by atoms with Crippen LogP contribution in [0.2, 0.25) is 0 Å². The van der Waals surface area contributed by atoms with Gasteiger partial charge in [-0.25, -0.2) is 0 Å². The van der Waals surface area contributed by atoms with Crippen LogP contribution in [0.4, 0.5) is 0 Å². The van der Waals surface area contributed by atoms with Crippen LogP contribution in [0.15, 0.2) is 24.3 Å². The molecule has 4 rings (SSSR count). The van der Waals surface area contributed by atoms with E-state index in [1.54, 1.807) is 0 Å². The number of amides is 4. The summed E-state index contributed by atoms with van der Waals surface area (Å²) in [5.41, 5.74) is 0. The molecule has 144 valence electrons. The van der Waals surface area contributed by atoms with E-state index in [2.05, 4.69) is 0 Å². The number of hydrogen-bond donors (Lipinski definition) is 0. The zero-order chi connectivity index (χ0) is 19.0. The molecule has 6 heteroatoms. The zero-order valence-electron chi connectivity index (χ0n) is 15.5. The van der Waals surface area contributed by atoms with Crippen LogP contribution in [0.5, 0.6) is 0 Å². The van der Waals surface area contributed by atoms with Crippen LogP contribution in [0.3, 0.4) is 0 Å². The first-order chi connectivity index (χ1) is 13.0. The van der Waals surface area contributed by atoms with Crippen molar-refractivity contribution in [2.75, 3.05) is 0 Å². The van der Waals surface area contributed by atoms with Gasteiger partial charge in [-0.1, -0.05) is 25.7 Å². The molecule has 0 bridgehead atoms. The number of imide groups is 2. The fraction of sp³-hybridized carbons (Fsp3) is 0.619. The minimum absolute atomic E-state index is 0.0177. The maximum Gasteiger partial charge on any atom is 0.253 e. The van der Waals surface area contributed by atoms with Gasteiger partial charge in [0.25, 0.3) is 23.6 Å². The smallest absolute Gasteiger partial charge is 0.253 e. The summed E-state index contributed by atoms with van der Waals surface area (Å²) < 4.78 is 0. The van der Waals surface area contributed by atoms with E-state index in [0.29, 0.717) is 11.8 Å². The molecule has 4 aliphatic rings. The minimum atomic E-state index is -0.179. The van der Waals surface area contributed by atoms with Crippen molar-refractivity contribution in [2.24, 2.45) is 11.8 Å². The molecule has 0 saturated heterocycles. The number of carbonyl (C=O) groups is 4. The molecule has 27 heavy (non-hydrogen) atoms. The molecule has 0 aromatic carbocycles. The van der Waals surface area contributed by atoms with E-state index in [1.165, 1.54) is 34.1 Å². The van der Waals surface area contributed by atoms with Crippen molar-refractivity contribution < 1.29 is 19.2 Å². The number of carbonyl (C=O) groups excluding carboxylic acids is 4. The van der Waals surface area contributed by atoms with Crippen molar-refractivity contribution in [1.29, 1.82) is 0 Å². The zero-order valence-corrected chi connectivity index (χ0v) is 15.5. The molecule has 2 aliphatic heterocycles. The Kier molecular flexibility index (Phi) is 4.98. The Morgan fingerprint density at radius 1 is 0.630 bits per heavy atom. The second-order valence-corrected chi connectivity index (χ2v) is 8.37. The molecule has 2 aliphatic carbocycles. The van der Waals surface area contributed by atoms with E-state index in [9.17, 15) is 19.2 Å². The first-order valence-corrected chi connectivity index (χ1v) is 10.1. The van der Waals surface area contributed by atoms with Gasteiger partial charge in [0.2, 0.25) is 0 Å². The highest BCUT2D eigenvalue weighted by Gasteiger charge is 2.38. The van der Waals surface area contributed by atoms with Crippen LogP contribution in [0.25, 0.3) is 0 Å². The fourth-order valence-electron chi connectivity index (χ4n) is 5.44. The average molecular weight is 370 g/mol. The summed E-state index contributed by atoms with van der Waals surface area (Å²) in [6.45, 7) is 0. The molecule has 0 aromatic rings. The summed E-state index contributed by atoms with van der Waals surface area (Å²) in [6.07, 6.45) is 14.4. The lowest BCUT2D eigenvalue weighted by Gasteiger charge is -2.38. The third kappa shape index (κ3) is 3.62. The topological polar surface area (TPSA) is 74.8 Å². The standard InChI is InChI=1S/C21H26N2O4/c24-18-7-8-19(25)22(18)16-5-1-3-14(12-16)11-15-4-2-6-17(13-15)23-20(26)9-10-21(23)27/h7-10,14-17H,1-6,11-13H2. The van der Waals surface area contributed by atoms with Gasteiger partial charge in [0, 0.05) is 36.4 Å². The maximum absolute atomic E-state index is 12.0. The summed E-state index contributed by atoms with van der Waals surface area (Å²) in [5, 5.41) is 0. The van der Waals surface area contributed by atoms with E-state index < -0.39 is 0 Å². The van der Waals surface area contributed by atoms with E-state index in [0.717, 1.165) is 57.8 Å². The predicted molar refractivity (Wildman–Crippen MR) is 98.1 cm³/mol. The largest absolute Gasteiger partial charge is 0.272 e. The summed E-state index contributed by atoms with van der Waals surface area (Å²) in [7, 11) is 0. The van der Waals surface area contributed by atoms with Crippen molar-refractivity contribution in [2.45, 2.75) is 69.9 Å². The lowest BCUT2D eigenvalue weighted by atomic mass is 9.74. The van der Waals surface area contributed by atoms with Gasteiger partial charge < -0.3 is 0 Å². The van der Waals surface area contributed by atoms with Gasteiger partial charge in [0.05, 0.1) is 0 Å². The molecule has 2 saturated carbocycles. The molecule has 6 nitrogen and oxygen atoms in total. The highest BCUT2D eigenvalue weighted by molar-refractivity contribution is 6.13. The van der Waals surface area contributed by atoms with Crippen LogP contribution in [-0.2, 0) is 19.2 Å². The Morgan fingerprint density at radius 2 is 1.00 bits per heavy atom. The van der Waals surface area contributed by atoms with Gasteiger partial charge in [-0.15, -0.1) is 0 Å². The second kappa shape index (κ2) is 7.41. The molecule has 4 amide bonds. The van der Waals surface area contributed by atoms with Crippen molar-refractivity contribution in [3.8, 4) is 0 Å². The SMILES string of the molecule is O=C1C=CC(=O)N1C1CCCC(CC2CCCC(N3C(=O)C=CC3=O)C2)C1. The monoisotopic (exact) mass is 370 g/mol. The van der Waals surface area contributed by atoms with Crippen LogP contribution < -0.4 is 0 Å². The molecule has 2 heterocycles. The van der Waals surface area contributed by atoms with E-state index in [1.807, 2.05) is 0 Å². The van der Waals surface area contributed by atoms with Crippen molar-refractivity contribution in [3.05, 3.63) is 24.3 Å². The van der Waals surface area contributed by atoms with Crippen LogP contribution >= 0.6 is 0 Å². The molecule has 4 atom stereocenters. The summed E-state index contributed by atoms with van der Waals surface area (Å²) in [5.74, 6) is 0.279. The van der Waals surface area contributed by atoms with Crippen molar-refractivity contribution in [1.82, 2.24) is 9.80 Å². The predicted octanol–water partition coefficient (Wildman–Crippen LogP) is 2.34. The molecular formula is C21H26N2O4. The molecule has 2 fully saturated rings. The van der Waals surface area contributed by atoms with Gasteiger partial charge >= 0.3 is 0 Å². The van der Waals surface area contributed by atoms with Gasteiger partial charge in [-0.3, -0.25) is 29.0 Å². The maximum atomic E-state index is 12.0. The van der Waals surface area contributed by atoms with Crippen LogP contribution in [0.1, 0.15) is 57.8 Å². The Labute approximate surface area is 159 Å². The minimum Gasteiger partial charge on any atom is -0.272 e. The Balaban J connectivity index is 1.34. The lowest BCUT2D eigenvalue weighted by Crippen LogP contribution is -2.44. The molecule has 4 unspecified atom stereocenters. The summed E-state index contributed by atoms with van der Waals surface area (Å²) in [4.78, 5) is 50.8. The molecule has 0 N–H and O–H groups in total. The van der Waals surface area contributed by atoms with E-state index in [-0.39, 0.29) is 35.7 Å². The molecule has 0 radical (unpaired) electrons. The van der Waals surface area contributed by atoms with Crippen LogP contribution in [0, 0.1) is 11.8 Å². The molecule has 0 spiro atoms. The first kappa shape index (κ1) is 18.1. The third-order valence-corrected chi connectivity index (χ3v) is 6.59. The highest BCUT2D eigenvalue weighted by atomic mass is 16.2. The van der Waals surface area contributed by atoms with Crippen LogP contribution in [-0.4, -0.2) is 45.5 Å². The summed E-state index contributed by atoms with van der Waals surface area (Å²) in [6, 6.07) is 0.0353. The van der Waals surface area contributed by atoms with E-state index in [4.69, 9.17) is 0 Å².